The molecular weight excluding hydrogens is 384 g/mol. The van der Waals surface area contributed by atoms with E-state index in [-0.39, 0.29) is 11.8 Å². The van der Waals surface area contributed by atoms with Crippen molar-refractivity contribution < 1.29 is 9.59 Å². The summed E-state index contributed by atoms with van der Waals surface area (Å²) in [4.78, 5) is 26.5. The van der Waals surface area contributed by atoms with E-state index in [4.69, 9.17) is 0 Å². The first-order valence-corrected chi connectivity index (χ1v) is 10.2. The molecule has 1 atom stereocenters. The van der Waals surface area contributed by atoms with Gasteiger partial charge in [-0.3, -0.25) is 9.59 Å². The van der Waals surface area contributed by atoms with Crippen LogP contribution in [0.5, 0.6) is 0 Å². The van der Waals surface area contributed by atoms with Crippen LogP contribution >= 0.6 is 11.8 Å². The summed E-state index contributed by atoms with van der Waals surface area (Å²) in [7, 11) is 0. The van der Waals surface area contributed by atoms with Gasteiger partial charge in [0.1, 0.15) is 0 Å². The van der Waals surface area contributed by atoms with E-state index >= 15 is 0 Å². The number of aryl methyl sites for hydroxylation is 1. The lowest BCUT2D eigenvalue weighted by atomic mass is 10.1. The van der Waals surface area contributed by atoms with Gasteiger partial charge in [0.15, 0.2) is 4.75 Å². The second-order valence-electron chi connectivity index (χ2n) is 7.16. The quantitative estimate of drug-likeness (QED) is 0.649. The van der Waals surface area contributed by atoms with Crippen molar-refractivity contribution in [3.8, 4) is 5.69 Å². The van der Waals surface area contributed by atoms with Gasteiger partial charge in [-0.25, -0.2) is 4.68 Å². The first kappa shape index (κ1) is 19.3. The second-order valence-corrected chi connectivity index (χ2v) is 8.63. The average molecular weight is 407 g/mol. The minimum absolute atomic E-state index is 0.313. The van der Waals surface area contributed by atoms with E-state index in [0.29, 0.717) is 6.54 Å². The number of amides is 2. The number of benzene rings is 2. The lowest BCUT2D eigenvalue weighted by molar-refractivity contribution is -0.130. The van der Waals surface area contributed by atoms with Gasteiger partial charge in [-0.05, 0) is 45.0 Å². The standard InChI is InChI=1S/C22H22N4O2S/c1-14-17(15(2)26(25-14)16-9-5-4-6-10-16)13-23-20(27)22(3)21(28)24-18-11-7-8-12-19(18)29-22/h4-12H,13H2,1-3H3,(H,23,27)(H,24,28). The Morgan fingerprint density at radius 1 is 1.14 bits per heavy atom. The number of aromatic nitrogens is 2. The van der Waals surface area contributed by atoms with Crippen LogP contribution in [-0.2, 0) is 16.1 Å². The van der Waals surface area contributed by atoms with Crippen molar-refractivity contribution in [2.75, 3.05) is 5.32 Å². The molecule has 0 fully saturated rings. The summed E-state index contributed by atoms with van der Waals surface area (Å²) in [5.41, 5.74) is 4.47. The molecule has 2 N–H and O–H groups in total. The molecule has 2 heterocycles. The number of hydrogen-bond donors (Lipinski definition) is 2. The molecule has 6 nitrogen and oxygen atoms in total. The Morgan fingerprint density at radius 3 is 2.59 bits per heavy atom. The summed E-state index contributed by atoms with van der Waals surface area (Å²) in [6.07, 6.45) is 0. The minimum atomic E-state index is -1.23. The van der Waals surface area contributed by atoms with E-state index in [9.17, 15) is 9.59 Å². The number of carbonyl (C=O) groups is 2. The summed E-state index contributed by atoms with van der Waals surface area (Å²) < 4.78 is 0.641. The molecule has 148 valence electrons. The molecule has 1 aromatic heterocycles. The van der Waals surface area contributed by atoms with Crippen molar-refractivity contribution in [3.05, 3.63) is 71.5 Å². The van der Waals surface area contributed by atoms with Gasteiger partial charge in [-0.1, -0.05) is 42.1 Å². The van der Waals surface area contributed by atoms with Crippen LogP contribution in [-0.4, -0.2) is 26.3 Å². The number of para-hydroxylation sites is 2. The molecular formula is C22H22N4O2S. The van der Waals surface area contributed by atoms with Crippen LogP contribution in [0.4, 0.5) is 5.69 Å². The summed E-state index contributed by atoms with van der Waals surface area (Å²) in [5, 5.41) is 10.4. The Balaban J connectivity index is 1.53. The number of nitrogens with one attached hydrogen (secondary N) is 2. The fourth-order valence-electron chi connectivity index (χ4n) is 3.40. The zero-order valence-corrected chi connectivity index (χ0v) is 17.3. The number of hydrogen-bond acceptors (Lipinski definition) is 4. The van der Waals surface area contributed by atoms with Crippen molar-refractivity contribution in [2.24, 2.45) is 0 Å². The molecule has 3 aromatic rings. The van der Waals surface area contributed by atoms with E-state index in [1.165, 1.54) is 11.8 Å². The summed E-state index contributed by atoms with van der Waals surface area (Å²) in [6.45, 7) is 5.88. The first-order chi connectivity index (χ1) is 13.9. The van der Waals surface area contributed by atoms with Crippen LogP contribution < -0.4 is 10.6 Å². The predicted molar refractivity (Wildman–Crippen MR) is 114 cm³/mol. The number of anilines is 1. The Kier molecular flexibility index (Phi) is 4.92. The van der Waals surface area contributed by atoms with Gasteiger partial charge < -0.3 is 10.6 Å². The maximum atomic E-state index is 13.0. The molecule has 0 aliphatic carbocycles. The molecule has 0 radical (unpaired) electrons. The monoisotopic (exact) mass is 406 g/mol. The Morgan fingerprint density at radius 2 is 1.83 bits per heavy atom. The zero-order valence-electron chi connectivity index (χ0n) is 16.5. The highest BCUT2D eigenvalue weighted by Crippen LogP contribution is 2.42. The molecule has 1 aliphatic heterocycles. The lowest BCUT2D eigenvalue weighted by Gasteiger charge is -2.31. The number of carbonyl (C=O) groups excluding carboxylic acids is 2. The van der Waals surface area contributed by atoms with Crippen molar-refractivity contribution in [1.29, 1.82) is 0 Å². The van der Waals surface area contributed by atoms with Gasteiger partial charge >= 0.3 is 0 Å². The topological polar surface area (TPSA) is 76.0 Å². The van der Waals surface area contributed by atoms with Crippen LogP contribution in [0.25, 0.3) is 5.69 Å². The summed E-state index contributed by atoms with van der Waals surface area (Å²) in [6, 6.07) is 17.4. The Labute approximate surface area is 173 Å². The van der Waals surface area contributed by atoms with E-state index in [1.54, 1.807) is 6.92 Å². The van der Waals surface area contributed by atoms with E-state index in [1.807, 2.05) is 73.1 Å². The number of nitrogens with zero attached hydrogens (tertiary/aromatic N) is 2. The van der Waals surface area contributed by atoms with Gasteiger partial charge in [0, 0.05) is 22.7 Å². The molecule has 29 heavy (non-hydrogen) atoms. The fraction of sp³-hybridized carbons (Fsp3) is 0.227. The van der Waals surface area contributed by atoms with E-state index < -0.39 is 4.75 Å². The third-order valence-electron chi connectivity index (χ3n) is 5.18. The van der Waals surface area contributed by atoms with E-state index in [2.05, 4.69) is 15.7 Å². The SMILES string of the molecule is Cc1nn(-c2ccccc2)c(C)c1CNC(=O)C1(C)Sc2ccccc2NC1=O. The highest BCUT2D eigenvalue weighted by molar-refractivity contribution is 8.02. The molecule has 1 unspecified atom stereocenters. The van der Waals surface area contributed by atoms with Gasteiger partial charge in [0.05, 0.1) is 17.1 Å². The Hall–Kier alpha value is -3.06. The van der Waals surface area contributed by atoms with Crippen LogP contribution in [0.2, 0.25) is 0 Å². The molecule has 1 aliphatic rings. The average Bonchev–Trinajstić information content (AvgIpc) is 3.01. The van der Waals surface area contributed by atoms with Crippen molar-refractivity contribution in [1.82, 2.24) is 15.1 Å². The van der Waals surface area contributed by atoms with Crippen molar-refractivity contribution in [2.45, 2.75) is 37.0 Å². The summed E-state index contributed by atoms with van der Waals surface area (Å²) in [5.74, 6) is -0.632. The lowest BCUT2D eigenvalue weighted by Crippen LogP contribution is -2.51. The Bertz CT molecular complexity index is 1090. The third kappa shape index (κ3) is 3.42. The minimum Gasteiger partial charge on any atom is -0.350 e. The molecule has 4 rings (SSSR count). The molecule has 7 heteroatoms. The van der Waals surface area contributed by atoms with Gasteiger partial charge in [-0.2, -0.15) is 5.10 Å². The summed E-state index contributed by atoms with van der Waals surface area (Å²) >= 11 is 1.28. The second kappa shape index (κ2) is 7.40. The molecule has 0 spiro atoms. The predicted octanol–water partition coefficient (Wildman–Crippen LogP) is 3.61. The zero-order chi connectivity index (χ0) is 20.6. The van der Waals surface area contributed by atoms with Gasteiger partial charge in [-0.15, -0.1) is 0 Å². The number of fused-ring (bicyclic) bond motifs is 1. The van der Waals surface area contributed by atoms with E-state index in [0.717, 1.165) is 33.2 Å². The molecule has 2 amide bonds. The van der Waals surface area contributed by atoms with Crippen LogP contribution in [0, 0.1) is 13.8 Å². The van der Waals surface area contributed by atoms with Gasteiger partial charge in [0.25, 0.3) is 0 Å². The van der Waals surface area contributed by atoms with Crippen LogP contribution in [0.3, 0.4) is 0 Å². The molecule has 0 saturated heterocycles. The third-order valence-corrected chi connectivity index (χ3v) is 6.54. The largest absolute Gasteiger partial charge is 0.350 e. The van der Waals surface area contributed by atoms with Crippen molar-refractivity contribution in [3.63, 3.8) is 0 Å². The fourth-order valence-corrected chi connectivity index (χ4v) is 4.53. The maximum Gasteiger partial charge on any atom is 0.250 e. The van der Waals surface area contributed by atoms with Crippen molar-refractivity contribution >= 4 is 29.3 Å². The van der Waals surface area contributed by atoms with Crippen LogP contribution in [0.1, 0.15) is 23.9 Å². The smallest absolute Gasteiger partial charge is 0.250 e. The molecule has 0 saturated carbocycles. The number of thioether (sulfide) groups is 1. The molecule has 0 bridgehead atoms. The van der Waals surface area contributed by atoms with Gasteiger partial charge in [0.2, 0.25) is 11.8 Å². The number of rotatable bonds is 4. The highest BCUT2D eigenvalue weighted by Gasteiger charge is 2.45. The highest BCUT2D eigenvalue weighted by atomic mass is 32.2. The molecule has 2 aromatic carbocycles. The first-order valence-electron chi connectivity index (χ1n) is 9.38. The van der Waals surface area contributed by atoms with Crippen LogP contribution in [0.15, 0.2) is 59.5 Å². The normalized spacial score (nSPS) is 18.1. The maximum absolute atomic E-state index is 13.0.